The zero-order chi connectivity index (χ0) is 23.3. The van der Waals surface area contributed by atoms with E-state index in [1.54, 1.807) is 0 Å². The number of aliphatic carboxylic acids is 1. The third kappa shape index (κ3) is 6.80. The number of rotatable bonds is 10. The van der Waals surface area contributed by atoms with Gasteiger partial charge >= 0.3 is 5.97 Å². The Hall–Kier alpha value is -0.890. The van der Waals surface area contributed by atoms with E-state index < -0.39 is 73.5 Å². The number of carboxylic acids is 1. The predicted octanol–water partition coefficient (Wildman–Crippen LogP) is -0.894. The molecule has 11 nitrogen and oxygen atoms in total. The van der Waals surface area contributed by atoms with Crippen molar-refractivity contribution >= 4 is 5.97 Å². The third-order valence-electron chi connectivity index (χ3n) is 5.74. The van der Waals surface area contributed by atoms with Gasteiger partial charge in [-0.2, -0.15) is 0 Å². The van der Waals surface area contributed by atoms with E-state index >= 15 is 0 Å². The third-order valence-corrected chi connectivity index (χ3v) is 5.74. The summed E-state index contributed by atoms with van der Waals surface area (Å²) in [7, 11) is 0. The highest BCUT2D eigenvalue weighted by atomic mass is 16.8. The fourth-order valence-electron chi connectivity index (χ4n) is 3.76. The number of hydrogen-bond acceptors (Lipinski definition) is 10. The van der Waals surface area contributed by atoms with Gasteiger partial charge in [0.1, 0.15) is 36.6 Å². The summed E-state index contributed by atoms with van der Waals surface area (Å²) in [5.41, 5.74) is 0. The molecule has 0 radical (unpaired) electrons. The van der Waals surface area contributed by atoms with Crippen molar-refractivity contribution in [2.24, 2.45) is 0 Å². The van der Waals surface area contributed by atoms with Gasteiger partial charge in [-0.05, 0) is 20.3 Å². The molecule has 6 N–H and O–H groups in total. The number of carboxylic acid groups (broad SMARTS) is 1. The average Bonchev–Trinajstić information content (AvgIpc) is 2.71. The van der Waals surface area contributed by atoms with Gasteiger partial charge in [-0.15, -0.1) is 0 Å². The molecule has 2 fully saturated rings. The Balaban J connectivity index is 2.16. The summed E-state index contributed by atoms with van der Waals surface area (Å²) in [5, 5.41) is 60.1. The van der Waals surface area contributed by atoms with Gasteiger partial charge in [-0.1, -0.05) is 26.2 Å². The van der Waals surface area contributed by atoms with Gasteiger partial charge in [0, 0.05) is 0 Å². The molecule has 2 rings (SSSR count). The Bertz CT molecular complexity index is 561. The number of hydrogen-bond donors (Lipinski definition) is 6. The largest absolute Gasteiger partial charge is 0.481 e. The summed E-state index contributed by atoms with van der Waals surface area (Å²) in [6.45, 7) is 5.02. The van der Waals surface area contributed by atoms with Crippen LogP contribution in [0, 0.1) is 0 Å². The van der Waals surface area contributed by atoms with Crippen molar-refractivity contribution in [3.63, 3.8) is 0 Å². The molecule has 11 atom stereocenters. The maximum Gasteiger partial charge on any atom is 0.305 e. The molecule has 31 heavy (non-hydrogen) atoms. The zero-order valence-corrected chi connectivity index (χ0v) is 18.1. The summed E-state index contributed by atoms with van der Waals surface area (Å²) in [5.74, 6) is -1.06. The maximum absolute atomic E-state index is 11.3. The lowest BCUT2D eigenvalue weighted by atomic mass is 9.97. The van der Waals surface area contributed by atoms with E-state index in [2.05, 4.69) is 0 Å². The smallest absolute Gasteiger partial charge is 0.305 e. The minimum Gasteiger partial charge on any atom is -0.481 e. The van der Waals surface area contributed by atoms with E-state index in [4.69, 9.17) is 18.9 Å². The first kappa shape index (κ1) is 26.4. The van der Waals surface area contributed by atoms with E-state index in [0.717, 1.165) is 19.3 Å². The Labute approximate surface area is 181 Å². The molecule has 1 unspecified atom stereocenters. The van der Waals surface area contributed by atoms with Gasteiger partial charge in [0.2, 0.25) is 0 Å². The molecule has 0 amide bonds. The lowest BCUT2D eigenvalue weighted by Gasteiger charge is -2.46. The van der Waals surface area contributed by atoms with Crippen molar-refractivity contribution < 1.29 is 54.4 Å². The van der Waals surface area contributed by atoms with Gasteiger partial charge in [0.05, 0.1) is 24.7 Å². The molecule has 0 aromatic carbocycles. The minimum absolute atomic E-state index is 0.284. The van der Waals surface area contributed by atoms with Crippen molar-refractivity contribution in [3.05, 3.63) is 0 Å². The van der Waals surface area contributed by atoms with Crippen LogP contribution in [0.5, 0.6) is 0 Å². The summed E-state index contributed by atoms with van der Waals surface area (Å²) >= 11 is 0. The van der Waals surface area contributed by atoms with Crippen molar-refractivity contribution in [1.29, 1.82) is 0 Å². The molecular formula is C20H36O11. The quantitative estimate of drug-likeness (QED) is 0.227. The summed E-state index contributed by atoms with van der Waals surface area (Å²) < 4.78 is 22.6. The van der Waals surface area contributed by atoms with Crippen LogP contribution in [0.4, 0.5) is 0 Å². The maximum atomic E-state index is 11.3. The number of carbonyl (C=O) groups is 1. The molecule has 2 saturated heterocycles. The van der Waals surface area contributed by atoms with E-state index in [9.17, 15) is 35.4 Å². The van der Waals surface area contributed by atoms with Crippen LogP contribution >= 0.6 is 0 Å². The highest BCUT2D eigenvalue weighted by molar-refractivity contribution is 5.67. The first-order valence-corrected chi connectivity index (χ1v) is 10.8. The number of unbranched alkanes of at least 4 members (excludes halogenated alkanes) is 2. The molecule has 0 spiro atoms. The van der Waals surface area contributed by atoms with Crippen LogP contribution in [0.15, 0.2) is 0 Å². The van der Waals surface area contributed by atoms with Crippen LogP contribution in [0.3, 0.4) is 0 Å². The topological polar surface area (TPSA) is 175 Å². The predicted molar refractivity (Wildman–Crippen MR) is 105 cm³/mol. The second kappa shape index (κ2) is 11.8. The van der Waals surface area contributed by atoms with Gasteiger partial charge in [-0.25, -0.2) is 0 Å². The Morgan fingerprint density at radius 3 is 2.03 bits per heavy atom. The standard InChI is InChI=1S/C20H36O11/c1-4-5-6-7-11(8-12(21)22)30-20-18(16(26)14(24)10(3)29-20)31-19-17(27)15(25)13(23)9(2)28-19/h9-11,13-20,23-27H,4-8H2,1-3H3,(H,21,22)/t9-,10-,11?,13+,14-,15-,16+,17-,18+,19+,20-/m0/s1. The SMILES string of the molecule is CCCCCC(CC(=O)O)O[C@@H]1O[C@@H](C)[C@H](O)[C@@H](O)[C@H]1O[C@H]1O[C@@H](C)[C@@H](O)[C@H](O)[C@@H]1O. The zero-order valence-electron chi connectivity index (χ0n) is 18.1. The van der Waals surface area contributed by atoms with Crippen LogP contribution < -0.4 is 0 Å². The normalized spacial score (nSPS) is 42.3. The summed E-state index contributed by atoms with van der Waals surface area (Å²) in [4.78, 5) is 11.3. The first-order valence-electron chi connectivity index (χ1n) is 10.8. The second-order valence-corrected chi connectivity index (χ2v) is 8.32. The Morgan fingerprint density at radius 2 is 1.45 bits per heavy atom. The molecule has 0 aromatic rings. The van der Waals surface area contributed by atoms with Crippen LogP contribution in [-0.4, -0.2) is 104 Å². The van der Waals surface area contributed by atoms with Gasteiger partial charge in [0.25, 0.3) is 0 Å². The monoisotopic (exact) mass is 452 g/mol. The molecule has 182 valence electrons. The molecule has 2 aliphatic rings. The van der Waals surface area contributed by atoms with Crippen molar-refractivity contribution in [1.82, 2.24) is 0 Å². The van der Waals surface area contributed by atoms with Crippen LogP contribution in [0.1, 0.15) is 52.9 Å². The molecule has 2 heterocycles. The van der Waals surface area contributed by atoms with E-state index in [1.165, 1.54) is 13.8 Å². The highest BCUT2D eigenvalue weighted by Gasteiger charge is 2.50. The van der Waals surface area contributed by atoms with E-state index in [0.29, 0.717) is 6.42 Å². The fourth-order valence-corrected chi connectivity index (χ4v) is 3.76. The number of aliphatic hydroxyl groups excluding tert-OH is 5. The molecule has 11 heteroatoms. The highest BCUT2D eigenvalue weighted by Crippen LogP contribution is 2.30. The van der Waals surface area contributed by atoms with Crippen LogP contribution in [0.25, 0.3) is 0 Å². The van der Waals surface area contributed by atoms with Gasteiger partial charge < -0.3 is 49.6 Å². The van der Waals surface area contributed by atoms with Gasteiger partial charge in [-0.3, -0.25) is 4.79 Å². The molecule has 0 aliphatic carbocycles. The molecule has 2 aliphatic heterocycles. The van der Waals surface area contributed by atoms with Crippen molar-refractivity contribution in [2.45, 2.75) is 120 Å². The summed E-state index contributed by atoms with van der Waals surface area (Å²) in [6, 6.07) is 0. The molecular weight excluding hydrogens is 416 g/mol. The Morgan fingerprint density at radius 1 is 0.871 bits per heavy atom. The fraction of sp³-hybridized carbons (Fsp3) is 0.950. The summed E-state index contributed by atoms with van der Waals surface area (Å²) in [6.07, 6.45) is -11.1. The average molecular weight is 452 g/mol. The van der Waals surface area contributed by atoms with Crippen LogP contribution in [-0.2, 0) is 23.7 Å². The molecule has 0 saturated carbocycles. The second-order valence-electron chi connectivity index (χ2n) is 8.32. The minimum atomic E-state index is -1.63. The number of aliphatic hydroxyl groups is 5. The molecule has 0 bridgehead atoms. The Kier molecular flexibility index (Phi) is 10.1. The van der Waals surface area contributed by atoms with Gasteiger partial charge in [0.15, 0.2) is 12.6 Å². The van der Waals surface area contributed by atoms with Crippen molar-refractivity contribution in [3.8, 4) is 0 Å². The lowest BCUT2D eigenvalue weighted by Crippen LogP contribution is -2.63. The van der Waals surface area contributed by atoms with Crippen molar-refractivity contribution in [2.75, 3.05) is 0 Å². The van der Waals surface area contributed by atoms with Crippen LogP contribution in [0.2, 0.25) is 0 Å². The number of ether oxygens (including phenoxy) is 4. The molecule has 0 aromatic heterocycles. The van der Waals surface area contributed by atoms with E-state index in [1.807, 2.05) is 6.92 Å². The first-order chi connectivity index (χ1) is 14.6. The lowest BCUT2D eigenvalue weighted by molar-refractivity contribution is -0.366. The van der Waals surface area contributed by atoms with E-state index in [-0.39, 0.29) is 6.42 Å².